The summed E-state index contributed by atoms with van der Waals surface area (Å²) in [6, 6.07) is 10.3. The quantitative estimate of drug-likeness (QED) is 0.755. The summed E-state index contributed by atoms with van der Waals surface area (Å²) in [6.45, 7) is 7.65. The lowest BCUT2D eigenvalue weighted by molar-refractivity contribution is 0.650. The van der Waals surface area contributed by atoms with Gasteiger partial charge in [-0.2, -0.15) is 0 Å². The lowest BCUT2D eigenvalue weighted by Crippen LogP contribution is -2.38. The summed E-state index contributed by atoms with van der Waals surface area (Å²) in [4.78, 5) is 0. The van der Waals surface area contributed by atoms with Gasteiger partial charge in [-0.1, -0.05) is 55.2 Å². The third kappa shape index (κ3) is 2.58. The Bertz CT molecular complexity index is 457. The first-order chi connectivity index (χ1) is 7.55. The van der Waals surface area contributed by atoms with Crippen LogP contribution in [-0.4, -0.2) is 23.1 Å². The second kappa shape index (κ2) is 4.21. The van der Waals surface area contributed by atoms with Crippen LogP contribution in [0, 0.1) is 0 Å². The molecule has 3 nitrogen and oxygen atoms in total. The molecule has 1 aromatic carbocycles. The third-order valence-electron chi connectivity index (χ3n) is 2.49. The van der Waals surface area contributed by atoms with E-state index in [4.69, 9.17) is 0 Å². The number of benzene rings is 1. The van der Waals surface area contributed by atoms with Crippen LogP contribution in [0.1, 0.15) is 5.56 Å². The Morgan fingerprint density at radius 1 is 1.12 bits per heavy atom. The van der Waals surface area contributed by atoms with Crippen molar-refractivity contribution in [2.75, 3.05) is 0 Å². The molecule has 0 aliphatic carbocycles. The van der Waals surface area contributed by atoms with Crippen molar-refractivity contribution in [3.8, 4) is 0 Å². The first-order valence-electron chi connectivity index (χ1n) is 5.50. The summed E-state index contributed by atoms with van der Waals surface area (Å²) in [5.41, 5.74) is 1.26. The van der Waals surface area contributed by atoms with E-state index in [2.05, 4.69) is 48.3 Å². The maximum Gasteiger partial charge on any atom is 0.106 e. The Labute approximate surface area is 97.1 Å². The molecule has 1 heterocycles. The number of rotatable bonds is 3. The minimum absolute atomic E-state index is 0.804. The van der Waals surface area contributed by atoms with Gasteiger partial charge in [-0.05, 0) is 5.56 Å². The highest BCUT2D eigenvalue weighted by molar-refractivity contribution is 6.88. The van der Waals surface area contributed by atoms with Crippen molar-refractivity contribution in [1.29, 1.82) is 0 Å². The smallest absolute Gasteiger partial charge is 0.106 e. The van der Waals surface area contributed by atoms with Gasteiger partial charge < -0.3 is 0 Å². The van der Waals surface area contributed by atoms with E-state index in [9.17, 15) is 0 Å². The van der Waals surface area contributed by atoms with Crippen LogP contribution in [0.2, 0.25) is 19.6 Å². The average molecular weight is 231 g/mol. The summed E-state index contributed by atoms with van der Waals surface area (Å²) in [7, 11) is -1.32. The number of hydrogen-bond acceptors (Lipinski definition) is 2. The summed E-state index contributed by atoms with van der Waals surface area (Å²) in [6.07, 6.45) is 2.08. The molecule has 16 heavy (non-hydrogen) atoms. The molecule has 0 spiro atoms. The molecule has 0 unspecified atom stereocenters. The fourth-order valence-electron chi connectivity index (χ4n) is 1.49. The third-order valence-corrected chi connectivity index (χ3v) is 4.26. The highest BCUT2D eigenvalue weighted by Gasteiger charge is 2.20. The lowest BCUT2D eigenvalue weighted by Gasteiger charge is -2.09. The zero-order valence-electron chi connectivity index (χ0n) is 10.0. The number of nitrogens with zero attached hydrogens (tertiary/aromatic N) is 3. The molecule has 2 rings (SSSR count). The highest BCUT2D eigenvalue weighted by Crippen LogP contribution is 2.02. The van der Waals surface area contributed by atoms with Crippen LogP contribution in [0.3, 0.4) is 0 Å². The topological polar surface area (TPSA) is 30.7 Å². The fourth-order valence-corrected chi connectivity index (χ4v) is 2.37. The predicted octanol–water partition coefficient (Wildman–Crippen LogP) is 1.87. The Hall–Kier alpha value is -1.42. The molecule has 4 heteroatoms. The second-order valence-electron chi connectivity index (χ2n) is 5.04. The number of aromatic nitrogens is 3. The fraction of sp³-hybridized carbons (Fsp3) is 0.333. The van der Waals surface area contributed by atoms with Gasteiger partial charge in [0.25, 0.3) is 0 Å². The van der Waals surface area contributed by atoms with E-state index in [0.717, 1.165) is 6.54 Å². The molecule has 0 bridgehead atoms. The number of hydrogen-bond donors (Lipinski definition) is 0. The highest BCUT2D eigenvalue weighted by atomic mass is 28.3. The Morgan fingerprint density at radius 3 is 2.38 bits per heavy atom. The van der Waals surface area contributed by atoms with E-state index in [1.165, 1.54) is 10.9 Å². The van der Waals surface area contributed by atoms with Crippen molar-refractivity contribution in [2.24, 2.45) is 0 Å². The largest absolute Gasteiger partial charge is 0.248 e. The summed E-state index contributed by atoms with van der Waals surface area (Å²) in [5.74, 6) is 0. The molecule has 0 aliphatic rings. The van der Waals surface area contributed by atoms with Crippen LogP contribution in [-0.2, 0) is 6.54 Å². The molecule has 2 aromatic rings. The van der Waals surface area contributed by atoms with Gasteiger partial charge in [-0.25, -0.2) is 4.68 Å². The van der Waals surface area contributed by atoms with Crippen molar-refractivity contribution < 1.29 is 0 Å². The molecule has 0 saturated heterocycles. The van der Waals surface area contributed by atoms with E-state index in [-0.39, 0.29) is 0 Å². The van der Waals surface area contributed by atoms with Gasteiger partial charge in [0.1, 0.15) is 8.07 Å². The van der Waals surface area contributed by atoms with Crippen molar-refractivity contribution in [3.63, 3.8) is 0 Å². The van der Waals surface area contributed by atoms with Gasteiger partial charge >= 0.3 is 0 Å². The maximum atomic E-state index is 4.26. The van der Waals surface area contributed by atoms with E-state index in [1.54, 1.807) is 0 Å². The van der Waals surface area contributed by atoms with E-state index in [0.29, 0.717) is 0 Å². The van der Waals surface area contributed by atoms with E-state index >= 15 is 0 Å². The van der Waals surface area contributed by atoms with Gasteiger partial charge in [-0.15, -0.1) is 5.10 Å². The zero-order valence-corrected chi connectivity index (χ0v) is 11.0. The molecule has 0 amide bonds. The van der Waals surface area contributed by atoms with Crippen molar-refractivity contribution in [1.82, 2.24) is 15.0 Å². The van der Waals surface area contributed by atoms with Crippen molar-refractivity contribution in [2.45, 2.75) is 26.2 Å². The predicted molar refractivity (Wildman–Crippen MR) is 68.5 cm³/mol. The van der Waals surface area contributed by atoms with E-state index in [1.807, 2.05) is 22.9 Å². The molecule has 1 aromatic heterocycles. The SMILES string of the molecule is C[Si](C)(C)c1cn(Cc2ccccc2)nn1. The molecule has 0 N–H and O–H groups in total. The average Bonchev–Trinajstić information content (AvgIpc) is 2.67. The summed E-state index contributed by atoms with van der Waals surface area (Å²) in [5, 5.41) is 9.61. The Balaban J connectivity index is 2.15. The first kappa shape index (κ1) is 11.1. The molecule has 0 aliphatic heterocycles. The zero-order chi connectivity index (χ0) is 11.6. The first-order valence-corrected chi connectivity index (χ1v) is 9.00. The molecule has 84 valence electrons. The van der Waals surface area contributed by atoms with Gasteiger partial charge in [-0.3, -0.25) is 0 Å². The maximum absolute atomic E-state index is 4.26. The van der Waals surface area contributed by atoms with Crippen LogP contribution < -0.4 is 5.32 Å². The van der Waals surface area contributed by atoms with Crippen LogP contribution in [0.5, 0.6) is 0 Å². The Kier molecular flexibility index (Phi) is 2.92. The van der Waals surface area contributed by atoms with Gasteiger partial charge in [0.15, 0.2) is 0 Å². The van der Waals surface area contributed by atoms with Gasteiger partial charge in [0, 0.05) is 6.20 Å². The lowest BCUT2D eigenvalue weighted by atomic mass is 10.2. The van der Waals surface area contributed by atoms with Crippen molar-refractivity contribution >= 4 is 13.4 Å². The molecule has 0 fully saturated rings. The normalized spacial score (nSPS) is 11.7. The Morgan fingerprint density at radius 2 is 1.81 bits per heavy atom. The summed E-state index contributed by atoms with van der Waals surface area (Å²) < 4.78 is 1.92. The molecular formula is C12H17N3Si. The van der Waals surface area contributed by atoms with Crippen LogP contribution in [0.15, 0.2) is 36.5 Å². The molecule has 0 saturated carbocycles. The second-order valence-corrected chi connectivity index (χ2v) is 10.0. The van der Waals surface area contributed by atoms with E-state index < -0.39 is 8.07 Å². The minimum Gasteiger partial charge on any atom is -0.248 e. The van der Waals surface area contributed by atoms with Crippen LogP contribution >= 0.6 is 0 Å². The summed E-state index contributed by atoms with van der Waals surface area (Å²) >= 11 is 0. The molecule has 0 radical (unpaired) electrons. The monoisotopic (exact) mass is 231 g/mol. The van der Waals surface area contributed by atoms with Crippen LogP contribution in [0.25, 0.3) is 0 Å². The standard InChI is InChI=1S/C12H17N3Si/c1-16(2,3)12-10-15(14-13-12)9-11-7-5-4-6-8-11/h4-8,10H,9H2,1-3H3. The van der Waals surface area contributed by atoms with Crippen molar-refractivity contribution in [3.05, 3.63) is 42.1 Å². The van der Waals surface area contributed by atoms with Crippen LogP contribution in [0.4, 0.5) is 0 Å². The van der Waals surface area contributed by atoms with Gasteiger partial charge in [0.2, 0.25) is 0 Å². The molecular weight excluding hydrogens is 214 g/mol. The van der Waals surface area contributed by atoms with Gasteiger partial charge in [0.05, 0.1) is 11.9 Å². The molecule has 0 atom stereocenters. The minimum atomic E-state index is -1.32.